The molecule has 1 unspecified atom stereocenters. The molecule has 0 aliphatic heterocycles. The number of ether oxygens (including phenoxy) is 1. The van der Waals surface area contributed by atoms with E-state index in [-0.39, 0.29) is 12.0 Å². The van der Waals surface area contributed by atoms with Crippen LogP contribution in [0.4, 0.5) is 8.78 Å². The SMILES string of the molecule is CCCCOCCC(O)c1cc(F)ccc1F. The molecule has 0 aliphatic carbocycles. The Labute approximate surface area is 100 Å². The second-order valence-electron chi connectivity index (χ2n) is 3.94. The maximum atomic E-state index is 13.3. The first-order valence-corrected chi connectivity index (χ1v) is 5.86. The minimum Gasteiger partial charge on any atom is -0.388 e. The van der Waals surface area contributed by atoms with Gasteiger partial charge in [0.15, 0.2) is 0 Å². The lowest BCUT2D eigenvalue weighted by Crippen LogP contribution is -2.06. The minimum atomic E-state index is -1.02. The van der Waals surface area contributed by atoms with E-state index in [4.69, 9.17) is 4.74 Å². The van der Waals surface area contributed by atoms with Crippen LogP contribution in [0.5, 0.6) is 0 Å². The van der Waals surface area contributed by atoms with Crippen molar-refractivity contribution in [3.63, 3.8) is 0 Å². The summed E-state index contributed by atoms with van der Waals surface area (Å²) >= 11 is 0. The van der Waals surface area contributed by atoms with Gasteiger partial charge in [-0.05, 0) is 24.6 Å². The third kappa shape index (κ3) is 4.79. The molecule has 2 nitrogen and oxygen atoms in total. The van der Waals surface area contributed by atoms with Crippen LogP contribution in [0.25, 0.3) is 0 Å². The van der Waals surface area contributed by atoms with E-state index in [0.29, 0.717) is 13.2 Å². The first-order chi connectivity index (χ1) is 8.15. The Bertz CT molecular complexity index is 342. The molecule has 1 aromatic rings. The molecule has 1 N–H and O–H groups in total. The molecule has 0 saturated heterocycles. The van der Waals surface area contributed by atoms with Crippen molar-refractivity contribution in [1.29, 1.82) is 0 Å². The summed E-state index contributed by atoms with van der Waals surface area (Å²) in [6.45, 7) is 3.03. The van der Waals surface area contributed by atoms with E-state index in [0.717, 1.165) is 31.0 Å². The predicted molar refractivity (Wildman–Crippen MR) is 61.7 cm³/mol. The van der Waals surface area contributed by atoms with Crippen LogP contribution in [0.15, 0.2) is 18.2 Å². The van der Waals surface area contributed by atoms with Gasteiger partial charge in [0.1, 0.15) is 11.6 Å². The smallest absolute Gasteiger partial charge is 0.129 e. The summed E-state index contributed by atoms with van der Waals surface area (Å²) in [5, 5.41) is 9.70. The molecule has 0 fully saturated rings. The van der Waals surface area contributed by atoms with Gasteiger partial charge in [0.05, 0.1) is 6.10 Å². The number of aliphatic hydroxyl groups excluding tert-OH is 1. The Morgan fingerprint density at radius 1 is 1.29 bits per heavy atom. The number of unbranched alkanes of at least 4 members (excludes halogenated alkanes) is 1. The van der Waals surface area contributed by atoms with Crippen molar-refractivity contribution in [1.82, 2.24) is 0 Å². The van der Waals surface area contributed by atoms with Crippen molar-refractivity contribution >= 4 is 0 Å². The van der Waals surface area contributed by atoms with Crippen molar-refractivity contribution in [2.24, 2.45) is 0 Å². The number of hydrogen-bond acceptors (Lipinski definition) is 2. The molecular formula is C13H18F2O2. The van der Waals surface area contributed by atoms with Gasteiger partial charge in [0.25, 0.3) is 0 Å². The van der Waals surface area contributed by atoms with E-state index < -0.39 is 17.7 Å². The fourth-order valence-corrected chi connectivity index (χ4v) is 1.47. The van der Waals surface area contributed by atoms with Crippen LogP contribution in [0, 0.1) is 11.6 Å². The molecule has 0 amide bonds. The molecule has 0 aromatic heterocycles. The van der Waals surface area contributed by atoms with Gasteiger partial charge in [-0.3, -0.25) is 0 Å². The topological polar surface area (TPSA) is 29.5 Å². The lowest BCUT2D eigenvalue weighted by atomic mass is 10.1. The Morgan fingerprint density at radius 3 is 2.76 bits per heavy atom. The van der Waals surface area contributed by atoms with Crippen LogP contribution < -0.4 is 0 Å². The zero-order valence-corrected chi connectivity index (χ0v) is 9.96. The molecule has 0 spiro atoms. The first kappa shape index (κ1) is 14.1. The first-order valence-electron chi connectivity index (χ1n) is 5.86. The number of benzene rings is 1. The molecular weight excluding hydrogens is 226 g/mol. The molecule has 0 aliphatic rings. The fraction of sp³-hybridized carbons (Fsp3) is 0.538. The second kappa shape index (κ2) is 7.35. The summed E-state index contributed by atoms with van der Waals surface area (Å²) < 4.78 is 31.4. The Kier molecular flexibility index (Phi) is 6.08. The standard InChI is InChI=1S/C13H18F2O2/c1-2-3-7-17-8-6-13(16)11-9-10(14)4-5-12(11)15/h4-5,9,13,16H,2-3,6-8H2,1H3. The van der Waals surface area contributed by atoms with E-state index >= 15 is 0 Å². The Hall–Kier alpha value is -1.00. The van der Waals surface area contributed by atoms with Gasteiger partial charge in [0.2, 0.25) is 0 Å². The highest BCUT2D eigenvalue weighted by atomic mass is 19.1. The van der Waals surface area contributed by atoms with E-state index in [1.165, 1.54) is 0 Å². The summed E-state index contributed by atoms with van der Waals surface area (Å²) in [4.78, 5) is 0. The lowest BCUT2D eigenvalue weighted by molar-refractivity contribution is 0.0788. The quantitative estimate of drug-likeness (QED) is 0.746. The molecule has 1 atom stereocenters. The summed E-state index contributed by atoms with van der Waals surface area (Å²) in [5.74, 6) is -1.14. The van der Waals surface area contributed by atoms with E-state index in [2.05, 4.69) is 6.92 Å². The van der Waals surface area contributed by atoms with Gasteiger partial charge in [-0.1, -0.05) is 13.3 Å². The van der Waals surface area contributed by atoms with Crippen LogP contribution in [-0.4, -0.2) is 18.3 Å². The number of halogens is 2. The third-order valence-electron chi connectivity index (χ3n) is 2.49. The van der Waals surface area contributed by atoms with Gasteiger partial charge in [-0.15, -0.1) is 0 Å². The van der Waals surface area contributed by atoms with Gasteiger partial charge < -0.3 is 9.84 Å². The van der Waals surface area contributed by atoms with Crippen LogP contribution in [-0.2, 0) is 4.74 Å². The molecule has 17 heavy (non-hydrogen) atoms. The summed E-state index contributed by atoms with van der Waals surface area (Å²) in [5.41, 5.74) is -0.0101. The monoisotopic (exact) mass is 244 g/mol. The maximum absolute atomic E-state index is 13.3. The number of hydrogen-bond donors (Lipinski definition) is 1. The molecule has 1 rings (SSSR count). The van der Waals surface area contributed by atoms with E-state index in [1.54, 1.807) is 0 Å². The molecule has 0 heterocycles. The molecule has 96 valence electrons. The molecule has 1 aromatic carbocycles. The Morgan fingerprint density at radius 2 is 2.06 bits per heavy atom. The molecule has 0 bridgehead atoms. The van der Waals surface area contributed by atoms with Crippen LogP contribution in [0.3, 0.4) is 0 Å². The van der Waals surface area contributed by atoms with Crippen molar-refractivity contribution in [3.05, 3.63) is 35.4 Å². The van der Waals surface area contributed by atoms with Gasteiger partial charge in [-0.25, -0.2) is 8.78 Å². The average Bonchev–Trinajstić information content (AvgIpc) is 2.32. The van der Waals surface area contributed by atoms with Crippen molar-refractivity contribution in [2.75, 3.05) is 13.2 Å². The predicted octanol–water partition coefficient (Wildman–Crippen LogP) is 3.21. The largest absolute Gasteiger partial charge is 0.388 e. The summed E-state index contributed by atoms with van der Waals surface area (Å²) in [6.07, 6.45) is 1.25. The number of aliphatic hydroxyl groups is 1. The highest BCUT2D eigenvalue weighted by molar-refractivity contribution is 5.20. The van der Waals surface area contributed by atoms with Crippen LogP contribution >= 0.6 is 0 Å². The molecule has 0 saturated carbocycles. The Balaban J connectivity index is 2.41. The molecule has 0 radical (unpaired) electrons. The lowest BCUT2D eigenvalue weighted by Gasteiger charge is -2.12. The van der Waals surface area contributed by atoms with Crippen molar-refractivity contribution < 1.29 is 18.6 Å². The van der Waals surface area contributed by atoms with E-state index in [9.17, 15) is 13.9 Å². The van der Waals surface area contributed by atoms with Crippen LogP contribution in [0.1, 0.15) is 37.9 Å². The van der Waals surface area contributed by atoms with Gasteiger partial charge >= 0.3 is 0 Å². The van der Waals surface area contributed by atoms with Crippen LogP contribution in [0.2, 0.25) is 0 Å². The second-order valence-corrected chi connectivity index (χ2v) is 3.94. The zero-order chi connectivity index (χ0) is 12.7. The maximum Gasteiger partial charge on any atom is 0.129 e. The summed E-state index contributed by atoms with van der Waals surface area (Å²) in [7, 11) is 0. The normalized spacial score (nSPS) is 12.7. The minimum absolute atomic E-state index is 0.0101. The third-order valence-corrected chi connectivity index (χ3v) is 2.49. The highest BCUT2D eigenvalue weighted by Gasteiger charge is 2.13. The van der Waals surface area contributed by atoms with E-state index in [1.807, 2.05) is 0 Å². The van der Waals surface area contributed by atoms with Crippen molar-refractivity contribution in [3.8, 4) is 0 Å². The highest BCUT2D eigenvalue weighted by Crippen LogP contribution is 2.21. The van der Waals surface area contributed by atoms with Gasteiger partial charge in [-0.2, -0.15) is 0 Å². The fourth-order valence-electron chi connectivity index (χ4n) is 1.47. The van der Waals surface area contributed by atoms with Gasteiger partial charge in [0, 0.05) is 25.2 Å². The zero-order valence-electron chi connectivity index (χ0n) is 9.96. The number of rotatable bonds is 7. The van der Waals surface area contributed by atoms with Crippen molar-refractivity contribution in [2.45, 2.75) is 32.3 Å². The summed E-state index contributed by atoms with van der Waals surface area (Å²) in [6, 6.07) is 3.07. The molecule has 4 heteroatoms. The average molecular weight is 244 g/mol.